The van der Waals surface area contributed by atoms with E-state index in [-0.39, 0.29) is 0 Å². The fraction of sp³-hybridized carbons (Fsp3) is 0. The van der Waals surface area contributed by atoms with E-state index < -0.39 is 5.24 Å². The van der Waals surface area contributed by atoms with Crippen LogP contribution in [0.4, 0.5) is 0 Å². The van der Waals surface area contributed by atoms with Crippen LogP contribution in [0.25, 0.3) is 0 Å². The molecule has 0 aliphatic carbocycles. The SMILES string of the molecule is O=C(Cl)C=CO. The van der Waals surface area contributed by atoms with Crippen LogP contribution >= 0.6 is 11.6 Å². The molecule has 0 atom stereocenters. The number of allylic oxidation sites excluding steroid dienone is 1. The first kappa shape index (κ1) is 5.50. The van der Waals surface area contributed by atoms with Crippen LogP contribution in [0, 0.1) is 0 Å². The number of rotatable bonds is 1. The van der Waals surface area contributed by atoms with Crippen LogP contribution in [0.3, 0.4) is 0 Å². The van der Waals surface area contributed by atoms with Gasteiger partial charge in [0.15, 0.2) is 0 Å². The zero-order valence-corrected chi connectivity index (χ0v) is 3.64. The van der Waals surface area contributed by atoms with Crippen molar-refractivity contribution in [2.45, 2.75) is 0 Å². The molecule has 0 aliphatic rings. The lowest BCUT2D eigenvalue weighted by Crippen LogP contribution is -1.71. The molecule has 0 saturated carbocycles. The van der Waals surface area contributed by atoms with Gasteiger partial charge in [-0.1, -0.05) is 0 Å². The van der Waals surface area contributed by atoms with E-state index in [1.165, 1.54) is 0 Å². The average Bonchev–Trinajstić information content (AvgIpc) is 1.35. The van der Waals surface area contributed by atoms with Crippen LogP contribution < -0.4 is 0 Å². The zero-order valence-electron chi connectivity index (χ0n) is 2.89. The summed E-state index contributed by atoms with van der Waals surface area (Å²) in [7, 11) is 0. The summed E-state index contributed by atoms with van der Waals surface area (Å²) in [5, 5.41) is 7.08. The Hall–Kier alpha value is -0.500. The molecule has 6 heavy (non-hydrogen) atoms. The molecule has 1 N–H and O–H groups in total. The van der Waals surface area contributed by atoms with Gasteiger partial charge in [-0.25, -0.2) is 0 Å². The standard InChI is InChI=1S/C3H3ClO2/c4-3(6)1-2-5/h1-2,5H. The molecule has 0 aromatic carbocycles. The molecule has 0 radical (unpaired) electrons. The lowest BCUT2D eigenvalue weighted by Gasteiger charge is -1.65. The molecular formula is C3H3ClO2. The maximum Gasteiger partial charge on any atom is 0.248 e. The lowest BCUT2D eigenvalue weighted by atomic mass is 10.7. The Balaban J connectivity index is 3.30. The van der Waals surface area contributed by atoms with Crippen molar-refractivity contribution >= 4 is 16.8 Å². The summed E-state index contributed by atoms with van der Waals surface area (Å²) in [6.45, 7) is 0. The van der Waals surface area contributed by atoms with Gasteiger partial charge in [0, 0.05) is 6.08 Å². The molecule has 0 saturated heterocycles. The Labute approximate surface area is 40.0 Å². The predicted molar refractivity (Wildman–Crippen MR) is 22.6 cm³/mol. The lowest BCUT2D eigenvalue weighted by molar-refractivity contribution is -0.107. The first-order valence-corrected chi connectivity index (χ1v) is 1.65. The van der Waals surface area contributed by atoms with Gasteiger partial charge in [0.1, 0.15) is 0 Å². The van der Waals surface area contributed by atoms with Crippen molar-refractivity contribution < 1.29 is 9.90 Å². The van der Waals surface area contributed by atoms with E-state index in [0.29, 0.717) is 6.26 Å². The van der Waals surface area contributed by atoms with Gasteiger partial charge in [-0.05, 0) is 11.6 Å². The van der Waals surface area contributed by atoms with E-state index >= 15 is 0 Å². The van der Waals surface area contributed by atoms with Crippen LogP contribution in [0.15, 0.2) is 12.3 Å². The molecule has 2 nitrogen and oxygen atoms in total. The normalized spacial score (nSPS) is 9.50. The second kappa shape index (κ2) is 2.72. The summed E-state index contributed by atoms with van der Waals surface area (Å²) in [6.07, 6.45) is 1.44. The van der Waals surface area contributed by atoms with Gasteiger partial charge in [0.25, 0.3) is 0 Å². The molecule has 34 valence electrons. The third kappa shape index (κ3) is 3.50. The van der Waals surface area contributed by atoms with E-state index in [4.69, 9.17) is 16.7 Å². The van der Waals surface area contributed by atoms with Gasteiger partial charge in [-0.15, -0.1) is 0 Å². The molecule has 0 amide bonds. The predicted octanol–water partition coefficient (Wildman–Crippen LogP) is 0.823. The summed E-state index contributed by atoms with van der Waals surface area (Å²) >= 11 is 4.69. The first-order chi connectivity index (χ1) is 2.77. The van der Waals surface area contributed by atoms with Crippen molar-refractivity contribution in [2.24, 2.45) is 0 Å². The third-order valence-corrected chi connectivity index (χ3v) is 0.332. The number of carbonyl (C=O) groups excluding carboxylic acids is 1. The molecule has 0 rings (SSSR count). The van der Waals surface area contributed by atoms with Crippen molar-refractivity contribution in [1.29, 1.82) is 0 Å². The number of aliphatic hydroxyl groups excluding tert-OH is 1. The Morgan fingerprint density at radius 2 is 2.33 bits per heavy atom. The van der Waals surface area contributed by atoms with Crippen molar-refractivity contribution in [2.75, 3.05) is 0 Å². The maximum absolute atomic E-state index is 9.56. The van der Waals surface area contributed by atoms with Crippen molar-refractivity contribution in [3.8, 4) is 0 Å². The zero-order chi connectivity index (χ0) is 4.99. The van der Waals surface area contributed by atoms with E-state index in [2.05, 4.69) is 0 Å². The highest BCUT2D eigenvalue weighted by Gasteiger charge is 1.78. The monoisotopic (exact) mass is 106 g/mol. The molecule has 0 unspecified atom stereocenters. The van der Waals surface area contributed by atoms with E-state index in [0.717, 1.165) is 6.08 Å². The highest BCUT2D eigenvalue weighted by Crippen LogP contribution is 1.77. The van der Waals surface area contributed by atoms with Gasteiger partial charge in [0.05, 0.1) is 6.26 Å². The van der Waals surface area contributed by atoms with Gasteiger partial charge < -0.3 is 5.11 Å². The van der Waals surface area contributed by atoms with Gasteiger partial charge in [-0.3, -0.25) is 4.79 Å². The van der Waals surface area contributed by atoms with Crippen molar-refractivity contribution in [3.05, 3.63) is 12.3 Å². The highest BCUT2D eigenvalue weighted by atomic mass is 35.5. The van der Waals surface area contributed by atoms with Gasteiger partial charge in [-0.2, -0.15) is 0 Å². The van der Waals surface area contributed by atoms with Gasteiger partial charge >= 0.3 is 0 Å². The van der Waals surface area contributed by atoms with Crippen LogP contribution in [0.1, 0.15) is 0 Å². The summed E-state index contributed by atoms with van der Waals surface area (Å²) in [5.74, 6) is 0. The number of halogens is 1. The first-order valence-electron chi connectivity index (χ1n) is 1.27. The third-order valence-electron chi connectivity index (χ3n) is 0.206. The molecule has 0 aliphatic heterocycles. The molecule has 3 heteroatoms. The van der Waals surface area contributed by atoms with Crippen LogP contribution in [-0.2, 0) is 4.79 Å². The Morgan fingerprint density at radius 1 is 1.83 bits per heavy atom. The van der Waals surface area contributed by atoms with E-state index in [1.54, 1.807) is 0 Å². The van der Waals surface area contributed by atoms with Crippen LogP contribution in [0.5, 0.6) is 0 Å². The van der Waals surface area contributed by atoms with E-state index in [9.17, 15) is 4.79 Å². The number of aliphatic hydroxyl groups is 1. The second-order valence-electron chi connectivity index (χ2n) is 0.620. The number of hydrogen-bond acceptors (Lipinski definition) is 2. The number of carbonyl (C=O) groups is 1. The largest absolute Gasteiger partial charge is 0.515 e. The molecular weight excluding hydrogens is 103 g/mol. The molecule has 0 spiro atoms. The Kier molecular flexibility index (Phi) is 2.50. The fourth-order valence-corrected chi connectivity index (χ4v) is 0.115. The topological polar surface area (TPSA) is 37.3 Å². The summed E-state index contributed by atoms with van der Waals surface area (Å²) in [5.41, 5.74) is 0. The van der Waals surface area contributed by atoms with Gasteiger partial charge in [0.2, 0.25) is 5.24 Å². The molecule has 0 heterocycles. The molecule has 0 fully saturated rings. The minimum absolute atomic E-state index is 0.593. The average molecular weight is 107 g/mol. The molecule has 0 aromatic rings. The summed E-state index contributed by atoms with van der Waals surface area (Å²) in [4.78, 5) is 9.56. The summed E-state index contributed by atoms with van der Waals surface area (Å²) in [6, 6.07) is 0. The van der Waals surface area contributed by atoms with Crippen LogP contribution in [0.2, 0.25) is 0 Å². The molecule has 0 aromatic heterocycles. The smallest absolute Gasteiger partial charge is 0.248 e. The Morgan fingerprint density at radius 3 is 2.33 bits per heavy atom. The minimum atomic E-state index is -0.669. The van der Waals surface area contributed by atoms with Crippen LogP contribution in [-0.4, -0.2) is 10.3 Å². The quantitative estimate of drug-likeness (QED) is 0.305. The second-order valence-corrected chi connectivity index (χ2v) is 0.992. The fourth-order valence-electron chi connectivity index (χ4n) is 0.0586. The summed E-state index contributed by atoms with van der Waals surface area (Å²) < 4.78 is 0. The van der Waals surface area contributed by atoms with E-state index in [1.807, 2.05) is 0 Å². The van der Waals surface area contributed by atoms with Crippen molar-refractivity contribution in [3.63, 3.8) is 0 Å². The highest BCUT2D eigenvalue weighted by molar-refractivity contribution is 6.66. The molecule has 0 bridgehead atoms. The Bertz CT molecular complexity index is 76.9. The maximum atomic E-state index is 9.56. The number of hydrogen-bond donors (Lipinski definition) is 1. The van der Waals surface area contributed by atoms with Crippen molar-refractivity contribution in [1.82, 2.24) is 0 Å². The minimum Gasteiger partial charge on any atom is -0.515 e.